The maximum atomic E-state index is 14.6. The van der Waals surface area contributed by atoms with E-state index in [4.69, 9.17) is 13.9 Å². The molecule has 7 rings (SSSR count). The fraction of sp³-hybridized carbons (Fsp3) is 0.551. The highest BCUT2D eigenvalue weighted by Gasteiger charge is 2.41. The fourth-order valence-electron chi connectivity index (χ4n) is 9.86. The number of likely N-dealkylation sites (tertiary alicyclic amines) is 1. The van der Waals surface area contributed by atoms with Crippen LogP contribution < -0.4 is 10.7 Å². The van der Waals surface area contributed by atoms with Crippen LogP contribution in [-0.2, 0) is 48.0 Å². The summed E-state index contributed by atoms with van der Waals surface area (Å²) in [7, 11) is 2.98. The number of urea groups is 1. The minimum atomic E-state index is -4.63. The summed E-state index contributed by atoms with van der Waals surface area (Å²) in [5.41, 5.74) is 4.41. The van der Waals surface area contributed by atoms with Gasteiger partial charge in [-0.2, -0.15) is 13.2 Å². The minimum Gasteiger partial charge on any atom is -0.464 e. The number of aliphatic hydroxyl groups excluding tert-OH is 1. The number of cyclic esters (lactones) is 1. The third-order valence-electron chi connectivity index (χ3n) is 13.3. The number of esters is 1. The number of fused-ring (bicyclic) bond motifs is 6. The van der Waals surface area contributed by atoms with Crippen molar-refractivity contribution in [1.82, 2.24) is 50.2 Å². The molecule has 71 heavy (non-hydrogen) atoms. The molecular weight excluding hydrogens is 930 g/mol. The summed E-state index contributed by atoms with van der Waals surface area (Å²) in [4.78, 5) is 78.4. The molecule has 0 radical (unpaired) electrons. The number of pyridine rings is 1. The summed E-state index contributed by atoms with van der Waals surface area (Å²) in [6.07, 6.45) is -1.56. The minimum absolute atomic E-state index is 0.00214. The van der Waals surface area contributed by atoms with Gasteiger partial charge in [-0.15, -0.1) is 10.2 Å². The number of ether oxygens (including phenoxy) is 2. The van der Waals surface area contributed by atoms with E-state index in [-0.39, 0.29) is 87.2 Å². The molecule has 2 fully saturated rings. The molecular formula is C49H63F3N10O9. The first-order chi connectivity index (χ1) is 33.6. The number of hydrogen-bond acceptors (Lipinski definition) is 13. The molecule has 0 saturated carbocycles. The Morgan fingerprint density at radius 2 is 1.89 bits per heavy atom. The zero-order chi connectivity index (χ0) is 51.5. The summed E-state index contributed by atoms with van der Waals surface area (Å²) < 4.78 is 63.0. The maximum absolute atomic E-state index is 14.6. The van der Waals surface area contributed by atoms with Gasteiger partial charge in [-0.25, -0.2) is 10.2 Å². The highest BCUT2D eigenvalue weighted by atomic mass is 19.4. The third kappa shape index (κ3) is 11.5. The van der Waals surface area contributed by atoms with Crippen molar-refractivity contribution in [3.05, 3.63) is 66.3 Å². The van der Waals surface area contributed by atoms with E-state index in [1.807, 2.05) is 13.8 Å². The first kappa shape index (κ1) is 52.4. The standard InChI is InChI=1S/C49H63F3N10O9/c1-9-39(64)60(20-21-63)31-16-19-59(25-31)47(68)58(7)41(28(2)3)43(65)54-36-23-38-55-56-44(71-38)30-14-15-37-33(22-30)34(24-48(5,6)27-70-46(67)35-13-11-18-62(57-35)45(36)66)42(61(37)26-49(50,51)52)32-12-10-17-53-40(32)29(4)69-8/h9-10,12,14-15,17,22,28-29,31,35-36,41,57,63H,1,11,13,16,18-21,23-27H2,2-8H3,(H,54,65)/t29-,31-,35-,36-,41-/m0/s1. The molecule has 5 amide bonds. The largest absolute Gasteiger partial charge is 0.464 e. The van der Waals surface area contributed by atoms with Gasteiger partial charge in [-0.3, -0.25) is 29.2 Å². The molecule has 3 aliphatic heterocycles. The van der Waals surface area contributed by atoms with Crippen LogP contribution in [0.2, 0.25) is 0 Å². The molecule has 6 heterocycles. The van der Waals surface area contributed by atoms with Crippen molar-refractivity contribution in [2.24, 2.45) is 11.3 Å². The molecule has 3 aliphatic rings. The van der Waals surface area contributed by atoms with Crippen molar-refractivity contribution < 1.29 is 56.1 Å². The smallest absolute Gasteiger partial charge is 0.406 e. The van der Waals surface area contributed by atoms with Gasteiger partial charge < -0.3 is 43.6 Å². The lowest BCUT2D eigenvalue weighted by molar-refractivity contribution is -0.155. The number of nitrogens with one attached hydrogen (secondary N) is 2. The van der Waals surface area contributed by atoms with Crippen LogP contribution in [0.5, 0.6) is 0 Å². The van der Waals surface area contributed by atoms with Crippen LogP contribution in [0, 0.1) is 11.3 Å². The number of aliphatic hydroxyl groups is 1. The quantitative estimate of drug-likeness (QED) is 0.128. The van der Waals surface area contributed by atoms with E-state index in [0.29, 0.717) is 47.0 Å². The molecule has 1 aromatic carbocycles. The summed E-state index contributed by atoms with van der Waals surface area (Å²) >= 11 is 0. The molecule has 0 spiro atoms. The highest BCUT2D eigenvalue weighted by molar-refractivity contribution is 5.95. The number of methoxy groups -OCH3 is 1. The Kier molecular flexibility index (Phi) is 15.9. The molecule has 4 aromatic rings. The topological polar surface area (TPSA) is 218 Å². The number of amides is 5. The van der Waals surface area contributed by atoms with E-state index in [0.717, 1.165) is 6.08 Å². The molecule has 3 N–H and O–H groups in total. The van der Waals surface area contributed by atoms with Crippen LogP contribution in [-0.4, -0.2) is 158 Å². The van der Waals surface area contributed by atoms with Crippen molar-refractivity contribution >= 4 is 40.6 Å². The molecule has 22 heteroatoms. The Labute approximate surface area is 409 Å². The SMILES string of the molecule is C=CC(=O)N(CCO)[C@H]1CCN(C(=O)N(C)[C@H](C(=O)N[C@H]2Cc3nnc(o3)-c3ccc4c(c3)c(c(-c3cccnc3[C@H](C)OC)n4CC(F)(F)F)CC(C)(C)COC(=O)[C@@H]3CCCN(N3)C2=O)C(C)C)C1. The number of halogens is 3. The highest BCUT2D eigenvalue weighted by Crippen LogP contribution is 2.43. The van der Waals surface area contributed by atoms with E-state index in [2.05, 4.69) is 32.5 Å². The predicted octanol–water partition coefficient (Wildman–Crippen LogP) is 4.83. The van der Waals surface area contributed by atoms with E-state index >= 15 is 0 Å². The van der Waals surface area contributed by atoms with Gasteiger partial charge in [0.1, 0.15) is 24.7 Å². The van der Waals surface area contributed by atoms with Crippen molar-refractivity contribution in [2.45, 2.75) is 110 Å². The van der Waals surface area contributed by atoms with E-state index in [1.54, 1.807) is 57.3 Å². The number of likely N-dealkylation sites (N-methyl/N-ethyl adjacent to an activating group) is 1. The summed E-state index contributed by atoms with van der Waals surface area (Å²) in [6.45, 7) is 11.4. The number of aromatic nitrogens is 4. The van der Waals surface area contributed by atoms with E-state index < -0.39 is 72.1 Å². The van der Waals surface area contributed by atoms with E-state index in [1.165, 1.54) is 38.4 Å². The third-order valence-corrected chi connectivity index (χ3v) is 13.3. The predicted molar refractivity (Wildman–Crippen MR) is 253 cm³/mol. The molecule has 2 saturated heterocycles. The number of nitrogens with zero attached hydrogens (tertiary/aromatic N) is 8. The number of alkyl halides is 3. The molecule has 384 valence electrons. The average molecular weight is 993 g/mol. The molecule has 5 atom stereocenters. The Morgan fingerprint density at radius 1 is 1.13 bits per heavy atom. The number of carbonyl (C=O) groups is 5. The monoisotopic (exact) mass is 992 g/mol. The van der Waals surface area contributed by atoms with Crippen LogP contribution in [0.1, 0.15) is 77.1 Å². The van der Waals surface area contributed by atoms with E-state index in [9.17, 15) is 42.3 Å². The van der Waals surface area contributed by atoms with Crippen molar-refractivity contribution in [2.75, 3.05) is 53.6 Å². The van der Waals surface area contributed by atoms with Gasteiger partial charge in [-0.1, -0.05) is 34.3 Å². The lowest BCUT2D eigenvalue weighted by Crippen LogP contribution is -2.62. The van der Waals surface area contributed by atoms with Crippen LogP contribution in [0.3, 0.4) is 0 Å². The second-order valence-electron chi connectivity index (χ2n) is 19.5. The number of hydrogen-bond donors (Lipinski definition) is 3. The molecule has 0 aliphatic carbocycles. The van der Waals surface area contributed by atoms with Crippen LogP contribution >= 0.6 is 0 Å². The lowest BCUT2D eigenvalue weighted by Gasteiger charge is -2.37. The Hall–Kier alpha value is -6.39. The van der Waals surface area contributed by atoms with Crippen molar-refractivity contribution in [3.63, 3.8) is 0 Å². The molecule has 3 aromatic heterocycles. The fourth-order valence-corrected chi connectivity index (χ4v) is 9.86. The van der Waals surface area contributed by atoms with Gasteiger partial charge in [0.25, 0.3) is 5.91 Å². The average Bonchev–Trinajstić information content (AvgIpc) is 4.09. The van der Waals surface area contributed by atoms with Gasteiger partial charge in [0, 0.05) is 74.0 Å². The summed E-state index contributed by atoms with van der Waals surface area (Å²) in [5, 5.41) is 22.7. The van der Waals surface area contributed by atoms with Crippen molar-refractivity contribution in [1.29, 1.82) is 0 Å². The normalized spacial score (nSPS) is 20.6. The lowest BCUT2D eigenvalue weighted by atomic mass is 9.84. The molecule has 6 bridgehead atoms. The van der Waals surface area contributed by atoms with Crippen molar-refractivity contribution in [3.8, 4) is 22.7 Å². The summed E-state index contributed by atoms with van der Waals surface area (Å²) in [6, 6.07) is 3.86. The Balaban J connectivity index is 1.27. The Morgan fingerprint density at radius 3 is 2.58 bits per heavy atom. The van der Waals surface area contributed by atoms with Gasteiger partial charge in [0.2, 0.25) is 23.6 Å². The van der Waals surface area contributed by atoms with Gasteiger partial charge >= 0.3 is 18.2 Å². The van der Waals surface area contributed by atoms with Crippen LogP contribution in [0.25, 0.3) is 33.6 Å². The van der Waals surface area contributed by atoms with Gasteiger partial charge in [0.15, 0.2) is 0 Å². The zero-order valence-electron chi connectivity index (χ0n) is 41.1. The van der Waals surface area contributed by atoms with Gasteiger partial charge in [0.05, 0.1) is 43.2 Å². The molecule has 19 nitrogen and oxygen atoms in total. The number of rotatable bonds is 12. The molecule has 0 unspecified atom stereocenters. The van der Waals surface area contributed by atoms with Gasteiger partial charge in [-0.05, 0) is 80.5 Å². The first-order valence-corrected chi connectivity index (χ1v) is 23.8. The van der Waals surface area contributed by atoms with Crippen LogP contribution in [0.15, 0.2) is 53.6 Å². The maximum Gasteiger partial charge on any atom is 0.406 e. The number of carbonyl (C=O) groups excluding carboxylic acids is 5. The Bertz CT molecular complexity index is 2630. The number of hydrazine groups is 1. The zero-order valence-corrected chi connectivity index (χ0v) is 41.1. The first-order valence-electron chi connectivity index (χ1n) is 23.8. The van der Waals surface area contributed by atoms with Crippen LogP contribution in [0.4, 0.5) is 18.0 Å². The summed E-state index contributed by atoms with van der Waals surface area (Å²) in [5.74, 6) is -2.85. The number of benzene rings is 1. The second kappa shape index (κ2) is 21.5. The second-order valence-corrected chi connectivity index (χ2v) is 19.5.